The number of rotatable bonds is 3. The molecule has 1 aliphatic rings. The Morgan fingerprint density at radius 3 is 2.47 bits per heavy atom. The van der Waals surface area contributed by atoms with Crippen molar-refractivity contribution in [1.82, 2.24) is 0 Å². The van der Waals surface area contributed by atoms with E-state index in [1.807, 2.05) is 25.5 Å². The first-order chi connectivity index (χ1) is 15.3. The van der Waals surface area contributed by atoms with Crippen LogP contribution in [0.5, 0.6) is 0 Å². The van der Waals surface area contributed by atoms with Gasteiger partial charge in [-0.3, -0.25) is 0 Å². The van der Waals surface area contributed by atoms with E-state index >= 15 is 0 Å². The van der Waals surface area contributed by atoms with Crippen molar-refractivity contribution in [1.29, 1.82) is 0 Å². The molecule has 1 aromatic heterocycles. The van der Waals surface area contributed by atoms with Crippen molar-refractivity contribution in [3.05, 3.63) is 64.8 Å². The average molecular weight is 420 g/mol. The zero-order valence-corrected chi connectivity index (χ0v) is 20.7. The van der Waals surface area contributed by atoms with Crippen molar-refractivity contribution < 1.29 is 8.68 Å². The second-order valence-electron chi connectivity index (χ2n) is 10.4. The lowest BCUT2D eigenvalue weighted by atomic mass is 9.89. The van der Waals surface area contributed by atoms with E-state index in [1.165, 1.54) is 36.1 Å². The molecule has 1 fully saturated rings. The van der Waals surface area contributed by atoms with E-state index in [0.717, 1.165) is 33.2 Å². The van der Waals surface area contributed by atoms with Gasteiger partial charge in [0.1, 0.15) is 8.42 Å². The Morgan fingerprint density at radius 2 is 1.80 bits per heavy atom. The van der Waals surface area contributed by atoms with Crippen LogP contribution in [0, 0.1) is 13.8 Å². The van der Waals surface area contributed by atoms with Crippen LogP contribution >= 0.6 is 0 Å². The van der Waals surface area contributed by atoms with Gasteiger partial charge in [-0.15, -0.1) is 0 Å². The molecule has 0 bridgehead atoms. The van der Waals surface area contributed by atoms with Crippen molar-refractivity contribution in [2.45, 2.75) is 77.5 Å². The molecule has 0 radical (unpaired) electrons. The SMILES string of the molecule is [2H]c1c([2H])[n+](C)c(-c2cc(C([2H])(C)C)cc(C)c2C)c2ccc(C3CC[Si](C)(C)CC3)cc12. The molecule has 0 spiro atoms. The van der Waals surface area contributed by atoms with E-state index in [1.54, 1.807) is 0 Å². The number of hydrogen-bond acceptors (Lipinski definition) is 0. The van der Waals surface area contributed by atoms with Crippen LogP contribution in [-0.2, 0) is 7.05 Å². The molecule has 2 aromatic carbocycles. The van der Waals surface area contributed by atoms with Crippen LogP contribution in [0.3, 0.4) is 0 Å². The van der Waals surface area contributed by atoms with Gasteiger partial charge >= 0.3 is 0 Å². The number of benzene rings is 2. The number of pyridine rings is 1. The molecular formula is C28H38NSi+. The molecule has 2 heterocycles. The minimum Gasteiger partial charge on any atom is -0.200 e. The fourth-order valence-electron chi connectivity index (χ4n) is 4.96. The molecule has 2 heteroatoms. The highest BCUT2D eigenvalue weighted by molar-refractivity contribution is 6.77. The Labute approximate surface area is 188 Å². The van der Waals surface area contributed by atoms with E-state index in [-0.39, 0.29) is 6.17 Å². The monoisotopic (exact) mass is 419 g/mol. The summed E-state index contributed by atoms with van der Waals surface area (Å²) < 4.78 is 27.9. The summed E-state index contributed by atoms with van der Waals surface area (Å²) in [6.07, 6.45) is 2.73. The normalized spacial score (nSPS) is 18.8. The predicted molar refractivity (Wildman–Crippen MR) is 133 cm³/mol. The third kappa shape index (κ3) is 3.99. The maximum atomic E-state index is 8.77. The zero-order chi connectivity index (χ0) is 24.3. The molecule has 3 aromatic rings. The summed E-state index contributed by atoms with van der Waals surface area (Å²) in [7, 11) is 0.875. The first kappa shape index (κ1) is 17.7. The minimum atomic E-state index is -1.02. The van der Waals surface area contributed by atoms with E-state index in [0.29, 0.717) is 12.0 Å². The molecule has 1 saturated heterocycles. The number of fused-ring (bicyclic) bond motifs is 1. The van der Waals surface area contributed by atoms with Gasteiger partial charge in [0.05, 0.1) is 12.3 Å². The van der Waals surface area contributed by atoms with Crippen LogP contribution in [0.4, 0.5) is 0 Å². The fourth-order valence-corrected chi connectivity index (χ4v) is 7.47. The highest BCUT2D eigenvalue weighted by Crippen LogP contribution is 2.40. The largest absolute Gasteiger partial charge is 0.220 e. The molecule has 0 N–H and O–H groups in total. The van der Waals surface area contributed by atoms with Crippen LogP contribution in [0.25, 0.3) is 22.0 Å². The molecule has 0 amide bonds. The third-order valence-electron chi connectivity index (χ3n) is 7.30. The smallest absolute Gasteiger partial charge is 0.200 e. The number of aryl methyl sites for hydroxylation is 1. The Balaban J connectivity index is 1.93. The van der Waals surface area contributed by atoms with Crippen molar-refractivity contribution in [3.63, 3.8) is 0 Å². The lowest BCUT2D eigenvalue weighted by Gasteiger charge is -2.33. The topological polar surface area (TPSA) is 3.88 Å². The summed E-state index contributed by atoms with van der Waals surface area (Å²) in [5.74, 6) is -0.135. The van der Waals surface area contributed by atoms with Gasteiger partial charge in [0.25, 0.3) is 0 Å². The quantitative estimate of drug-likeness (QED) is 0.303. The molecule has 1 nitrogen and oxygen atoms in total. The Morgan fingerprint density at radius 1 is 1.10 bits per heavy atom. The van der Waals surface area contributed by atoms with Gasteiger partial charge in [0, 0.05) is 15.5 Å². The van der Waals surface area contributed by atoms with Crippen molar-refractivity contribution in [3.8, 4) is 11.3 Å². The van der Waals surface area contributed by atoms with Gasteiger partial charge < -0.3 is 0 Å². The Hall–Kier alpha value is -1.93. The lowest BCUT2D eigenvalue weighted by molar-refractivity contribution is -0.659. The van der Waals surface area contributed by atoms with Crippen LogP contribution in [-0.4, -0.2) is 8.07 Å². The molecule has 4 rings (SSSR count). The summed E-state index contributed by atoms with van der Waals surface area (Å²) >= 11 is 0. The maximum Gasteiger partial charge on any atom is 0.220 e. The van der Waals surface area contributed by atoms with E-state index in [2.05, 4.69) is 57.3 Å². The summed E-state index contributed by atoms with van der Waals surface area (Å²) in [5.41, 5.74) is 6.66. The van der Waals surface area contributed by atoms with Crippen LogP contribution < -0.4 is 4.57 Å². The molecule has 0 aliphatic carbocycles. The number of aromatic nitrogens is 1. The third-order valence-corrected chi connectivity index (χ3v) is 10.6. The van der Waals surface area contributed by atoms with E-state index in [9.17, 15) is 0 Å². The Kier molecular flexibility index (Phi) is 4.70. The molecule has 158 valence electrons. The average Bonchev–Trinajstić information content (AvgIpc) is 2.74. The van der Waals surface area contributed by atoms with E-state index < -0.39 is 14.0 Å². The van der Waals surface area contributed by atoms with Gasteiger partial charge in [0.2, 0.25) is 5.69 Å². The first-order valence-electron chi connectivity index (χ1n) is 12.8. The maximum absolute atomic E-state index is 8.77. The van der Waals surface area contributed by atoms with Gasteiger partial charge in [-0.05, 0) is 78.3 Å². The number of hydrogen-bond donors (Lipinski definition) is 0. The summed E-state index contributed by atoms with van der Waals surface area (Å²) in [5, 5.41) is 1.90. The zero-order valence-electron chi connectivity index (χ0n) is 22.7. The van der Waals surface area contributed by atoms with Crippen LogP contribution in [0.1, 0.15) is 64.9 Å². The van der Waals surface area contributed by atoms with Gasteiger partial charge in [-0.25, -0.2) is 4.57 Å². The molecule has 1 aliphatic heterocycles. The highest BCUT2D eigenvalue weighted by Gasteiger charge is 2.29. The molecular weight excluding hydrogens is 378 g/mol. The van der Waals surface area contributed by atoms with Crippen LogP contribution in [0.15, 0.2) is 42.5 Å². The van der Waals surface area contributed by atoms with Gasteiger partial charge in [0.15, 0.2) is 6.17 Å². The second kappa shape index (κ2) is 7.96. The molecule has 30 heavy (non-hydrogen) atoms. The minimum absolute atomic E-state index is 0.236. The van der Waals surface area contributed by atoms with Crippen molar-refractivity contribution in [2.75, 3.05) is 0 Å². The Bertz CT molecular complexity index is 1230. The van der Waals surface area contributed by atoms with E-state index in [4.69, 9.17) is 4.11 Å². The first-order valence-corrected chi connectivity index (χ1v) is 14.8. The summed E-state index contributed by atoms with van der Waals surface area (Å²) in [6, 6.07) is 13.9. The lowest BCUT2D eigenvalue weighted by Crippen LogP contribution is -2.31. The molecule has 0 saturated carbocycles. The second-order valence-corrected chi connectivity index (χ2v) is 15.7. The summed E-state index contributed by atoms with van der Waals surface area (Å²) in [4.78, 5) is 0. The van der Waals surface area contributed by atoms with Crippen molar-refractivity contribution >= 4 is 18.8 Å². The summed E-state index contributed by atoms with van der Waals surface area (Å²) in [6.45, 7) is 13.1. The standard InChI is InChI=1S/C28H38NSi/c1-19(2)25-16-20(3)21(4)27(18-25)28-26-9-8-23(17-24(26)10-13-29(28)5)22-11-14-30(6,7)15-12-22/h8-10,13,16-19,22H,11-12,14-15H2,1-7H3/q+1/i10D,13D,19D. The van der Waals surface area contributed by atoms with Gasteiger partial charge in [-0.1, -0.05) is 57.2 Å². The van der Waals surface area contributed by atoms with Crippen molar-refractivity contribution in [2.24, 2.45) is 7.05 Å². The predicted octanol–water partition coefficient (Wildman–Crippen LogP) is 7.66. The highest BCUT2D eigenvalue weighted by atomic mass is 28.3. The molecule has 0 atom stereocenters. The van der Waals surface area contributed by atoms with Crippen LogP contribution in [0.2, 0.25) is 25.2 Å². The number of nitrogens with zero attached hydrogens (tertiary/aromatic N) is 1. The van der Waals surface area contributed by atoms with Gasteiger partial charge in [-0.2, -0.15) is 0 Å². The fraction of sp³-hybridized carbons (Fsp3) is 0.464. The molecule has 0 unspecified atom stereocenters.